The summed E-state index contributed by atoms with van der Waals surface area (Å²) in [5, 5.41) is 4.22. The minimum absolute atomic E-state index is 0.0599. The lowest BCUT2D eigenvalue weighted by Crippen LogP contribution is -2.39. The van der Waals surface area contributed by atoms with Crippen LogP contribution in [0.1, 0.15) is 23.7 Å². The van der Waals surface area contributed by atoms with Crippen molar-refractivity contribution >= 4 is 29.0 Å². The molecule has 0 aromatic heterocycles. The SMILES string of the molecule is CCCNC1COCC1C(=O)c1ccc(Cl)c(Cl)c1. The Hall–Kier alpha value is -0.610. The van der Waals surface area contributed by atoms with Gasteiger partial charge < -0.3 is 10.1 Å². The van der Waals surface area contributed by atoms with E-state index in [0.29, 0.717) is 28.8 Å². The van der Waals surface area contributed by atoms with Crippen molar-refractivity contribution in [3.63, 3.8) is 0 Å². The molecule has 5 heteroatoms. The maximum atomic E-state index is 12.5. The number of carbonyl (C=O) groups is 1. The minimum atomic E-state index is -0.149. The van der Waals surface area contributed by atoms with Crippen LogP contribution in [0.5, 0.6) is 0 Å². The van der Waals surface area contributed by atoms with Crippen molar-refractivity contribution in [2.45, 2.75) is 19.4 Å². The Morgan fingerprint density at radius 2 is 2.16 bits per heavy atom. The van der Waals surface area contributed by atoms with E-state index in [1.807, 2.05) is 0 Å². The Balaban J connectivity index is 2.11. The Morgan fingerprint density at radius 1 is 1.37 bits per heavy atom. The van der Waals surface area contributed by atoms with Crippen LogP contribution in [-0.2, 0) is 4.74 Å². The van der Waals surface area contributed by atoms with E-state index in [4.69, 9.17) is 27.9 Å². The zero-order valence-electron chi connectivity index (χ0n) is 10.8. The van der Waals surface area contributed by atoms with Crippen LogP contribution in [0.3, 0.4) is 0 Å². The number of benzene rings is 1. The summed E-state index contributed by atoms with van der Waals surface area (Å²) in [7, 11) is 0. The standard InChI is InChI=1S/C14H17Cl2NO2/c1-2-5-17-13-8-19-7-10(13)14(18)9-3-4-11(15)12(16)6-9/h3-4,6,10,13,17H,2,5,7-8H2,1H3. The van der Waals surface area contributed by atoms with Crippen LogP contribution < -0.4 is 5.32 Å². The van der Waals surface area contributed by atoms with Crippen LogP contribution in [-0.4, -0.2) is 31.6 Å². The molecule has 2 rings (SSSR count). The van der Waals surface area contributed by atoms with Gasteiger partial charge in [0.2, 0.25) is 0 Å². The summed E-state index contributed by atoms with van der Waals surface area (Å²) in [5.74, 6) is -0.0894. The summed E-state index contributed by atoms with van der Waals surface area (Å²) >= 11 is 11.8. The van der Waals surface area contributed by atoms with Crippen molar-refractivity contribution in [3.8, 4) is 0 Å². The third kappa shape index (κ3) is 3.48. The summed E-state index contributed by atoms with van der Waals surface area (Å²) in [6.45, 7) is 4.02. The summed E-state index contributed by atoms with van der Waals surface area (Å²) in [5.41, 5.74) is 0.591. The number of hydrogen-bond acceptors (Lipinski definition) is 3. The molecular formula is C14H17Cl2NO2. The summed E-state index contributed by atoms with van der Waals surface area (Å²) in [6.07, 6.45) is 1.03. The predicted octanol–water partition coefficient (Wildman–Crippen LogP) is 3.19. The average molecular weight is 302 g/mol. The molecule has 1 fully saturated rings. The lowest BCUT2D eigenvalue weighted by Gasteiger charge is -2.18. The van der Waals surface area contributed by atoms with E-state index in [1.54, 1.807) is 18.2 Å². The average Bonchev–Trinajstić information content (AvgIpc) is 2.87. The molecule has 19 heavy (non-hydrogen) atoms. The fraction of sp³-hybridized carbons (Fsp3) is 0.500. The van der Waals surface area contributed by atoms with Crippen LogP contribution in [0.15, 0.2) is 18.2 Å². The van der Waals surface area contributed by atoms with Gasteiger partial charge in [-0.05, 0) is 31.2 Å². The van der Waals surface area contributed by atoms with Crippen molar-refractivity contribution in [2.75, 3.05) is 19.8 Å². The van der Waals surface area contributed by atoms with Crippen LogP contribution in [0, 0.1) is 5.92 Å². The monoisotopic (exact) mass is 301 g/mol. The first-order chi connectivity index (χ1) is 9.13. The third-order valence-electron chi connectivity index (χ3n) is 3.28. The highest BCUT2D eigenvalue weighted by atomic mass is 35.5. The van der Waals surface area contributed by atoms with Gasteiger partial charge in [0.05, 0.1) is 29.2 Å². The number of ketones is 1. The fourth-order valence-corrected chi connectivity index (χ4v) is 2.51. The maximum Gasteiger partial charge on any atom is 0.169 e. The topological polar surface area (TPSA) is 38.3 Å². The molecule has 0 bridgehead atoms. The number of carbonyl (C=O) groups excluding carboxylic acids is 1. The second-order valence-electron chi connectivity index (χ2n) is 4.70. The van der Waals surface area contributed by atoms with E-state index in [2.05, 4.69) is 12.2 Å². The molecule has 1 heterocycles. The molecule has 1 aliphatic heterocycles. The number of hydrogen-bond donors (Lipinski definition) is 1. The van der Waals surface area contributed by atoms with E-state index in [-0.39, 0.29) is 17.7 Å². The lowest BCUT2D eigenvalue weighted by atomic mass is 9.93. The Morgan fingerprint density at radius 3 is 2.84 bits per heavy atom. The molecule has 3 nitrogen and oxygen atoms in total. The number of nitrogens with one attached hydrogen (secondary N) is 1. The maximum absolute atomic E-state index is 12.5. The fourth-order valence-electron chi connectivity index (χ4n) is 2.21. The van der Waals surface area contributed by atoms with E-state index < -0.39 is 0 Å². The number of Topliss-reactive ketones (excluding diaryl/α,β-unsaturated/α-hetero) is 1. The van der Waals surface area contributed by atoms with Gasteiger partial charge in [0, 0.05) is 11.6 Å². The first kappa shape index (κ1) is 14.8. The molecule has 104 valence electrons. The van der Waals surface area contributed by atoms with Gasteiger partial charge >= 0.3 is 0 Å². The van der Waals surface area contributed by atoms with E-state index in [1.165, 1.54) is 0 Å². The van der Waals surface area contributed by atoms with Gasteiger partial charge in [0.1, 0.15) is 0 Å². The molecule has 1 aromatic carbocycles. The molecular weight excluding hydrogens is 285 g/mol. The highest BCUT2D eigenvalue weighted by Gasteiger charge is 2.34. The summed E-state index contributed by atoms with van der Waals surface area (Å²) < 4.78 is 5.42. The molecule has 0 radical (unpaired) electrons. The van der Waals surface area contributed by atoms with E-state index in [0.717, 1.165) is 13.0 Å². The normalized spacial score (nSPS) is 22.7. The second-order valence-corrected chi connectivity index (χ2v) is 5.51. The Kier molecular flexibility index (Phi) is 5.22. The second kappa shape index (κ2) is 6.71. The van der Waals surface area contributed by atoms with Crippen LogP contribution in [0.2, 0.25) is 10.0 Å². The van der Waals surface area contributed by atoms with Gasteiger partial charge in [-0.3, -0.25) is 4.79 Å². The summed E-state index contributed by atoms with van der Waals surface area (Å²) in [4.78, 5) is 12.5. The van der Waals surface area contributed by atoms with Crippen molar-refractivity contribution in [2.24, 2.45) is 5.92 Å². The van der Waals surface area contributed by atoms with Crippen LogP contribution in [0.4, 0.5) is 0 Å². The zero-order chi connectivity index (χ0) is 13.8. The number of rotatable bonds is 5. The number of halogens is 2. The predicted molar refractivity (Wildman–Crippen MR) is 77.2 cm³/mol. The number of ether oxygens (including phenoxy) is 1. The highest BCUT2D eigenvalue weighted by Crippen LogP contribution is 2.26. The van der Waals surface area contributed by atoms with Crippen LogP contribution >= 0.6 is 23.2 Å². The van der Waals surface area contributed by atoms with E-state index >= 15 is 0 Å². The molecule has 2 atom stereocenters. The lowest BCUT2D eigenvalue weighted by molar-refractivity contribution is 0.0891. The van der Waals surface area contributed by atoms with Gasteiger partial charge in [0.15, 0.2) is 5.78 Å². The Bertz CT molecular complexity index is 465. The van der Waals surface area contributed by atoms with Crippen molar-refractivity contribution < 1.29 is 9.53 Å². The molecule has 1 aliphatic rings. The minimum Gasteiger partial charge on any atom is -0.379 e. The molecule has 1 saturated heterocycles. The molecule has 1 aromatic rings. The highest BCUT2D eigenvalue weighted by molar-refractivity contribution is 6.42. The van der Waals surface area contributed by atoms with Crippen molar-refractivity contribution in [1.29, 1.82) is 0 Å². The van der Waals surface area contributed by atoms with E-state index in [9.17, 15) is 4.79 Å². The third-order valence-corrected chi connectivity index (χ3v) is 4.02. The first-order valence-corrected chi connectivity index (χ1v) is 7.19. The smallest absolute Gasteiger partial charge is 0.169 e. The molecule has 1 N–H and O–H groups in total. The largest absolute Gasteiger partial charge is 0.379 e. The summed E-state index contributed by atoms with van der Waals surface area (Å²) in [6, 6.07) is 5.08. The Labute approximate surface area is 123 Å². The molecule has 0 saturated carbocycles. The molecule has 2 unspecified atom stereocenters. The van der Waals surface area contributed by atoms with Gasteiger partial charge in [-0.25, -0.2) is 0 Å². The van der Waals surface area contributed by atoms with Crippen LogP contribution in [0.25, 0.3) is 0 Å². The van der Waals surface area contributed by atoms with Gasteiger partial charge in [0.25, 0.3) is 0 Å². The molecule has 0 spiro atoms. The van der Waals surface area contributed by atoms with Gasteiger partial charge in [-0.2, -0.15) is 0 Å². The zero-order valence-corrected chi connectivity index (χ0v) is 12.3. The van der Waals surface area contributed by atoms with Crippen molar-refractivity contribution in [1.82, 2.24) is 5.32 Å². The van der Waals surface area contributed by atoms with Gasteiger partial charge in [-0.1, -0.05) is 30.1 Å². The van der Waals surface area contributed by atoms with Crippen molar-refractivity contribution in [3.05, 3.63) is 33.8 Å². The first-order valence-electron chi connectivity index (χ1n) is 6.44. The quantitative estimate of drug-likeness (QED) is 0.849. The van der Waals surface area contributed by atoms with Gasteiger partial charge in [-0.15, -0.1) is 0 Å². The molecule has 0 aliphatic carbocycles. The molecule has 0 amide bonds.